The van der Waals surface area contributed by atoms with Gasteiger partial charge in [-0.1, -0.05) is 23.7 Å². The average molecular weight is 443 g/mol. The van der Waals surface area contributed by atoms with Crippen LogP contribution in [0, 0.1) is 6.92 Å². The van der Waals surface area contributed by atoms with Crippen molar-refractivity contribution in [2.45, 2.75) is 24.3 Å². The molecule has 1 heterocycles. The highest BCUT2D eigenvalue weighted by molar-refractivity contribution is 7.92. The van der Waals surface area contributed by atoms with Gasteiger partial charge in [0, 0.05) is 22.3 Å². The van der Waals surface area contributed by atoms with Crippen LogP contribution in [-0.4, -0.2) is 40.3 Å². The van der Waals surface area contributed by atoms with Gasteiger partial charge in [0.25, 0.3) is 15.9 Å². The largest absolute Gasteiger partial charge is 0.348 e. The monoisotopic (exact) mass is 442 g/mol. The number of anilines is 1. The second-order valence-electron chi connectivity index (χ2n) is 6.67. The van der Waals surface area contributed by atoms with E-state index in [-0.39, 0.29) is 27.7 Å². The number of rotatable bonds is 5. The number of carbonyl (C=O) groups excluding carboxylic acids is 1. The van der Waals surface area contributed by atoms with Gasteiger partial charge >= 0.3 is 0 Å². The fourth-order valence-electron chi connectivity index (χ4n) is 2.98. The molecule has 1 atom stereocenters. The minimum absolute atomic E-state index is 0.0472. The number of halogens is 1. The van der Waals surface area contributed by atoms with Crippen molar-refractivity contribution in [1.29, 1.82) is 0 Å². The maximum Gasteiger partial charge on any atom is 0.262 e. The molecule has 0 aliphatic carbocycles. The van der Waals surface area contributed by atoms with E-state index in [9.17, 15) is 21.6 Å². The first-order chi connectivity index (χ1) is 13.1. The second kappa shape index (κ2) is 7.73. The highest BCUT2D eigenvalue weighted by Crippen LogP contribution is 2.23. The third kappa shape index (κ3) is 4.84. The lowest BCUT2D eigenvalue weighted by atomic mass is 10.1. The van der Waals surface area contributed by atoms with Crippen LogP contribution in [0.1, 0.15) is 22.3 Å². The maximum absolute atomic E-state index is 12.7. The van der Waals surface area contributed by atoms with Crippen LogP contribution >= 0.6 is 11.6 Å². The Hall–Kier alpha value is -2.10. The zero-order chi connectivity index (χ0) is 20.5. The van der Waals surface area contributed by atoms with Crippen LogP contribution < -0.4 is 10.0 Å². The molecule has 0 radical (unpaired) electrons. The van der Waals surface area contributed by atoms with E-state index in [0.717, 1.165) is 0 Å². The van der Waals surface area contributed by atoms with Gasteiger partial charge in [0.05, 0.1) is 16.4 Å². The summed E-state index contributed by atoms with van der Waals surface area (Å²) in [5, 5.41) is 2.97. The van der Waals surface area contributed by atoms with E-state index in [0.29, 0.717) is 17.0 Å². The van der Waals surface area contributed by atoms with E-state index in [2.05, 4.69) is 10.0 Å². The first kappa shape index (κ1) is 20.6. The third-order valence-electron chi connectivity index (χ3n) is 4.38. The van der Waals surface area contributed by atoms with Gasteiger partial charge in [0.15, 0.2) is 9.84 Å². The molecule has 7 nitrogen and oxygen atoms in total. The van der Waals surface area contributed by atoms with Gasteiger partial charge in [-0.15, -0.1) is 0 Å². The molecule has 0 bridgehead atoms. The highest BCUT2D eigenvalue weighted by atomic mass is 35.5. The number of amides is 1. The van der Waals surface area contributed by atoms with Crippen LogP contribution in [0.3, 0.4) is 0 Å². The fourth-order valence-corrected chi connectivity index (χ4v) is 6.21. The second-order valence-corrected chi connectivity index (χ2v) is 11.0. The summed E-state index contributed by atoms with van der Waals surface area (Å²) < 4.78 is 50.8. The number of hydrogen-bond donors (Lipinski definition) is 2. The Bertz CT molecular complexity index is 1130. The molecule has 0 aromatic heterocycles. The van der Waals surface area contributed by atoms with E-state index < -0.39 is 31.8 Å². The number of carbonyl (C=O) groups is 1. The van der Waals surface area contributed by atoms with E-state index in [1.165, 1.54) is 24.3 Å². The standard InChI is InChI=1S/C18H19ClN2O5S2/c1-12-5-6-14(19)10-17(12)28(25,26)21-15-4-2-3-13(9-15)18(22)20-16-7-8-27(23,24)11-16/h2-6,9-10,16,21H,7-8,11H2,1H3,(H,20,22)/t16-/m0/s1. The molecule has 150 valence electrons. The summed E-state index contributed by atoms with van der Waals surface area (Å²) in [4.78, 5) is 12.4. The van der Waals surface area contributed by atoms with Crippen molar-refractivity contribution in [2.75, 3.05) is 16.2 Å². The van der Waals surface area contributed by atoms with E-state index >= 15 is 0 Å². The predicted octanol–water partition coefficient (Wildman–Crippen LogP) is 2.37. The molecule has 0 saturated carbocycles. The number of sulfonamides is 1. The highest BCUT2D eigenvalue weighted by Gasteiger charge is 2.29. The molecule has 1 amide bonds. The van der Waals surface area contributed by atoms with Crippen LogP contribution in [-0.2, 0) is 19.9 Å². The van der Waals surface area contributed by atoms with Crippen molar-refractivity contribution in [3.63, 3.8) is 0 Å². The smallest absolute Gasteiger partial charge is 0.262 e. The average Bonchev–Trinajstić information content (AvgIpc) is 2.95. The van der Waals surface area contributed by atoms with Gasteiger partial charge in [-0.05, 0) is 49.2 Å². The Balaban J connectivity index is 1.78. The van der Waals surface area contributed by atoms with Crippen molar-refractivity contribution in [2.24, 2.45) is 0 Å². The van der Waals surface area contributed by atoms with Crippen molar-refractivity contribution < 1.29 is 21.6 Å². The number of hydrogen-bond acceptors (Lipinski definition) is 5. The molecular formula is C18H19ClN2O5S2. The Kier molecular flexibility index (Phi) is 5.69. The topological polar surface area (TPSA) is 109 Å². The SMILES string of the molecule is Cc1ccc(Cl)cc1S(=O)(=O)Nc1cccc(C(=O)N[C@H]2CCS(=O)(=O)C2)c1. The predicted molar refractivity (Wildman–Crippen MR) is 108 cm³/mol. The maximum atomic E-state index is 12.7. The van der Waals surface area contributed by atoms with Crippen molar-refractivity contribution >= 4 is 43.1 Å². The molecule has 0 spiro atoms. The number of benzene rings is 2. The molecule has 3 rings (SSSR count). The van der Waals surface area contributed by atoms with Gasteiger partial charge < -0.3 is 5.32 Å². The summed E-state index contributed by atoms with van der Waals surface area (Å²) in [6.45, 7) is 1.66. The number of sulfone groups is 1. The summed E-state index contributed by atoms with van der Waals surface area (Å²) in [5.41, 5.74) is 0.978. The normalized spacial score (nSPS) is 18.6. The minimum Gasteiger partial charge on any atom is -0.348 e. The quantitative estimate of drug-likeness (QED) is 0.738. The molecule has 0 unspecified atom stereocenters. The van der Waals surface area contributed by atoms with Gasteiger partial charge in [-0.25, -0.2) is 16.8 Å². The van der Waals surface area contributed by atoms with Gasteiger partial charge in [-0.2, -0.15) is 0 Å². The Morgan fingerprint density at radius 3 is 2.61 bits per heavy atom. The Labute approximate surface area is 169 Å². The first-order valence-electron chi connectivity index (χ1n) is 8.46. The summed E-state index contributed by atoms with van der Waals surface area (Å²) in [5.74, 6) is -0.488. The molecule has 28 heavy (non-hydrogen) atoms. The van der Waals surface area contributed by atoms with Crippen LogP contribution in [0.25, 0.3) is 0 Å². The molecule has 1 aliphatic heterocycles. The summed E-state index contributed by atoms with van der Waals surface area (Å²) in [6.07, 6.45) is 0.369. The molecule has 1 aliphatic rings. The van der Waals surface area contributed by atoms with Gasteiger partial charge in [-0.3, -0.25) is 9.52 Å². The molecule has 1 saturated heterocycles. The lowest BCUT2D eigenvalue weighted by molar-refractivity contribution is 0.0941. The molecule has 1 fully saturated rings. The van der Waals surface area contributed by atoms with Crippen LogP contribution in [0.15, 0.2) is 47.4 Å². The van der Waals surface area contributed by atoms with E-state index in [1.54, 1.807) is 25.1 Å². The van der Waals surface area contributed by atoms with E-state index in [1.807, 2.05) is 0 Å². The van der Waals surface area contributed by atoms with Crippen LogP contribution in [0.2, 0.25) is 5.02 Å². The fraction of sp³-hybridized carbons (Fsp3) is 0.278. The molecule has 2 aromatic carbocycles. The zero-order valence-corrected chi connectivity index (χ0v) is 17.4. The first-order valence-corrected chi connectivity index (χ1v) is 12.1. The summed E-state index contributed by atoms with van der Waals surface area (Å²) >= 11 is 5.91. The molecule has 2 aromatic rings. The van der Waals surface area contributed by atoms with Gasteiger partial charge in [0.1, 0.15) is 0 Å². The Morgan fingerprint density at radius 1 is 1.18 bits per heavy atom. The molecule has 10 heteroatoms. The zero-order valence-electron chi connectivity index (χ0n) is 15.0. The third-order valence-corrected chi connectivity index (χ3v) is 7.91. The number of aryl methyl sites for hydroxylation is 1. The molecular weight excluding hydrogens is 424 g/mol. The lowest BCUT2D eigenvalue weighted by Gasteiger charge is -2.13. The van der Waals surface area contributed by atoms with Crippen LogP contribution in [0.5, 0.6) is 0 Å². The Morgan fingerprint density at radius 2 is 1.93 bits per heavy atom. The minimum atomic E-state index is -3.89. The summed E-state index contributed by atoms with van der Waals surface area (Å²) in [7, 11) is -7.00. The van der Waals surface area contributed by atoms with Crippen molar-refractivity contribution in [1.82, 2.24) is 5.32 Å². The number of nitrogens with one attached hydrogen (secondary N) is 2. The van der Waals surface area contributed by atoms with Crippen LogP contribution in [0.4, 0.5) is 5.69 Å². The van der Waals surface area contributed by atoms with E-state index in [4.69, 9.17) is 11.6 Å². The lowest BCUT2D eigenvalue weighted by Crippen LogP contribution is -2.35. The van der Waals surface area contributed by atoms with Gasteiger partial charge in [0.2, 0.25) is 0 Å². The van der Waals surface area contributed by atoms with Crippen molar-refractivity contribution in [3.05, 3.63) is 58.6 Å². The molecule has 2 N–H and O–H groups in total. The summed E-state index contributed by atoms with van der Waals surface area (Å²) in [6, 6.07) is 10.1. The van der Waals surface area contributed by atoms with Crippen molar-refractivity contribution in [3.8, 4) is 0 Å².